The highest BCUT2D eigenvalue weighted by Gasteiger charge is 2.07. The highest BCUT2D eigenvalue weighted by molar-refractivity contribution is 8.00. The number of pyridine rings is 1. The van der Waals surface area contributed by atoms with Crippen LogP contribution < -0.4 is 10.6 Å². The van der Waals surface area contributed by atoms with Crippen molar-refractivity contribution in [1.29, 1.82) is 0 Å². The van der Waals surface area contributed by atoms with Crippen LogP contribution in [0.4, 0.5) is 15.8 Å². The van der Waals surface area contributed by atoms with Crippen LogP contribution in [0.2, 0.25) is 0 Å². The van der Waals surface area contributed by atoms with E-state index >= 15 is 0 Å². The van der Waals surface area contributed by atoms with Crippen molar-refractivity contribution in [3.05, 3.63) is 84.3 Å². The van der Waals surface area contributed by atoms with Gasteiger partial charge in [-0.2, -0.15) is 0 Å². The van der Waals surface area contributed by atoms with E-state index in [1.165, 1.54) is 36.0 Å². The minimum Gasteiger partial charge on any atom is -0.325 e. The van der Waals surface area contributed by atoms with Crippen molar-refractivity contribution in [2.45, 2.75) is 10.8 Å². The molecule has 0 fully saturated rings. The number of thioether (sulfide) groups is 2. The molecule has 30 heavy (non-hydrogen) atoms. The number of aromatic nitrogens is 1. The summed E-state index contributed by atoms with van der Waals surface area (Å²) >= 11 is 2.84. The first-order chi connectivity index (χ1) is 14.6. The molecule has 2 N–H and O–H groups in total. The van der Waals surface area contributed by atoms with Crippen molar-refractivity contribution >= 4 is 46.7 Å². The van der Waals surface area contributed by atoms with Crippen LogP contribution in [0.1, 0.15) is 5.56 Å². The molecule has 5 nitrogen and oxygen atoms in total. The second-order valence-corrected chi connectivity index (χ2v) is 8.23. The Labute approximate surface area is 182 Å². The molecule has 0 saturated heterocycles. The Balaban J connectivity index is 1.40. The lowest BCUT2D eigenvalue weighted by molar-refractivity contribution is -0.114. The third-order valence-electron chi connectivity index (χ3n) is 3.83. The van der Waals surface area contributed by atoms with E-state index in [2.05, 4.69) is 15.6 Å². The number of hydrogen-bond donors (Lipinski definition) is 2. The van der Waals surface area contributed by atoms with Crippen LogP contribution in [0, 0.1) is 5.82 Å². The van der Waals surface area contributed by atoms with Crippen molar-refractivity contribution in [2.24, 2.45) is 0 Å². The molecule has 0 unspecified atom stereocenters. The molecule has 0 spiro atoms. The smallest absolute Gasteiger partial charge is 0.234 e. The number of carbonyl (C=O) groups excluding carboxylic acids is 2. The molecule has 1 aromatic heterocycles. The Kier molecular flexibility index (Phi) is 8.29. The van der Waals surface area contributed by atoms with Gasteiger partial charge in [0, 0.05) is 23.3 Å². The monoisotopic (exact) mass is 441 g/mol. The van der Waals surface area contributed by atoms with E-state index in [1.54, 1.807) is 18.0 Å². The maximum atomic E-state index is 12.9. The van der Waals surface area contributed by atoms with Crippen LogP contribution in [0.3, 0.4) is 0 Å². The zero-order valence-corrected chi connectivity index (χ0v) is 17.6. The van der Waals surface area contributed by atoms with E-state index in [-0.39, 0.29) is 29.1 Å². The molecular formula is C22H20FN3O2S2. The van der Waals surface area contributed by atoms with Gasteiger partial charge in [0.25, 0.3) is 0 Å². The van der Waals surface area contributed by atoms with E-state index in [1.807, 2.05) is 42.5 Å². The van der Waals surface area contributed by atoms with Gasteiger partial charge < -0.3 is 10.6 Å². The molecule has 8 heteroatoms. The summed E-state index contributed by atoms with van der Waals surface area (Å²) in [6.45, 7) is 0. The summed E-state index contributed by atoms with van der Waals surface area (Å²) in [6.07, 6.45) is 1.76. The van der Waals surface area contributed by atoms with Gasteiger partial charge in [0.05, 0.1) is 16.5 Å². The van der Waals surface area contributed by atoms with Gasteiger partial charge in [0.1, 0.15) is 5.82 Å². The van der Waals surface area contributed by atoms with E-state index in [0.717, 1.165) is 22.0 Å². The van der Waals surface area contributed by atoms with E-state index in [0.29, 0.717) is 5.69 Å². The number of nitrogens with zero attached hydrogens (tertiary/aromatic N) is 1. The molecule has 0 aliphatic heterocycles. The molecule has 0 saturated carbocycles. The second kappa shape index (κ2) is 11.4. The largest absolute Gasteiger partial charge is 0.325 e. The summed E-state index contributed by atoms with van der Waals surface area (Å²) in [5.74, 6) is 0.254. The van der Waals surface area contributed by atoms with Crippen LogP contribution in [0.25, 0.3) is 0 Å². The quantitative estimate of drug-likeness (QED) is 0.466. The number of carbonyl (C=O) groups is 2. The summed E-state index contributed by atoms with van der Waals surface area (Å²) < 4.78 is 12.9. The van der Waals surface area contributed by atoms with Gasteiger partial charge in [-0.25, -0.2) is 9.37 Å². The lowest BCUT2D eigenvalue weighted by Crippen LogP contribution is -2.18. The number of benzene rings is 2. The van der Waals surface area contributed by atoms with Crippen molar-refractivity contribution in [1.82, 2.24) is 4.98 Å². The molecule has 3 aromatic rings. The maximum absolute atomic E-state index is 12.9. The van der Waals surface area contributed by atoms with Crippen molar-refractivity contribution in [3.8, 4) is 0 Å². The Hall–Kier alpha value is -2.84. The average Bonchev–Trinajstić information content (AvgIpc) is 2.75. The van der Waals surface area contributed by atoms with Gasteiger partial charge in [-0.3, -0.25) is 9.59 Å². The fraction of sp³-hybridized carbons (Fsp3) is 0.136. The highest BCUT2D eigenvalue weighted by Crippen LogP contribution is 2.22. The van der Waals surface area contributed by atoms with Gasteiger partial charge in [-0.1, -0.05) is 18.2 Å². The van der Waals surface area contributed by atoms with E-state index in [4.69, 9.17) is 0 Å². The van der Waals surface area contributed by atoms with Gasteiger partial charge in [0.2, 0.25) is 11.8 Å². The maximum Gasteiger partial charge on any atom is 0.234 e. The molecule has 3 rings (SSSR count). The third kappa shape index (κ3) is 7.53. The highest BCUT2D eigenvalue weighted by atomic mass is 32.2. The van der Waals surface area contributed by atoms with Crippen LogP contribution in [0.15, 0.2) is 78.0 Å². The Morgan fingerprint density at radius 2 is 1.60 bits per heavy atom. The predicted octanol–water partition coefficient (Wildman–Crippen LogP) is 4.82. The third-order valence-corrected chi connectivity index (χ3v) is 5.78. The van der Waals surface area contributed by atoms with E-state index in [9.17, 15) is 14.0 Å². The van der Waals surface area contributed by atoms with Crippen LogP contribution in [-0.4, -0.2) is 28.3 Å². The molecular weight excluding hydrogens is 421 g/mol. The lowest BCUT2D eigenvalue weighted by atomic mass is 10.2. The van der Waals surface area contributed by atoms with Crippen LogP contribution >= 0.6 is 23.5 Å². The van der Waals surface area contributed by atoms with Gasteiger partial charge in [-0.15, -0.1) is 23.5 Å². The normalized spacial score (nSPS) is 10.4. The van der Waals surface area contributed by atoms with Crippen molar-refractivity contribution < 1.29 is 14.0 Å². The number of amides is 2. The molecule has 0 atom stereocenters. The molecule has 0 radical (unpaired) electrons. The van der Waals surface area contributed by atoms with Crippen molar-refractivity contribution in [3.63, 3.8) is 0 Å². The lowest BCUT2D eigenvalue weighted by Gasteiger charge is -2.08. The van der Waals surface area contributed by atoms with Crippen LogP contribution in [-0.2, 0) is 15.3 Å². The van der Waals surface area contributed by atoms with Crippen LogP contribution in [0.5, 0.6) is 0 Å². The Bertz CT molecular complexity index is 985. The topological polar surface area (TPSA) is 71.1 Å². The number of hydrogen-bond acceptors (Lipinski definition) is 5. The zero-order valence-electron chi connectivity index (χ0n) is 16.0. The summed E-state index contributed by atoms with van der Waals surface area (Å²) in [6, 6.07) is 19.0. The van der Waals surface area contributed by atoms with E-state index < -0.39 is 0 Å². The van der Waals surface area contributed by atoms with Gasteiger partial charge in [-0.05, 0) is 54.1 Å². The average molecular weight is 442 g/mol. The molecule has 154 valence electrons. The molecule has 0 bridgehead atoms. The molecule has 0 aliphatic carbocycles. The number of rotatable bonds is 9. The summed E-state index contributed by atoms with van der Waals surface area (Å²) in [7, 11) is 0. The first-order valence-corrected chi connectivity index (χ1v) is 11.3. The first-order valence-electron chi connectivity index (χ1n) is 9.14. The number of anilines is 2. The fourth-order valence-electron chi connectivity index (χ4n) is 2.49. The Morgan fingerprint density at radius 1 is 0.867 bits per heavy atom. The number of halogens is 1. The fourth-order valence-corrected chi connectivity index (χ4v) is 3.91. The molecule has 0 aliphatic rings. The molecule has 2 amide bonds. The SMILES string of the molecule is O=C(CSCC(=O)Nc1cccc(CSc2ccccn2)c1)Nc1ccc(F)cc1. The second-order valence-electron chi connectivity index (χ2n) is 6.25. The van der Waals surface area contributed by atoms with Gasteiger partial charge >= 0.3 is 0 Å². The standard InChI is InChI=1S/C22H20FN3O2S2/c23-17-7-9-18(10-8-17)25-20(27)14-29-15-21(28)26-19-5-3-4-16(12-19)13-30-22-6-1-2-11-24-22/h1-12H,13-15H2,(H,25,27)(H,26,28). The summed E-state index contributed by atoms with van der Waals surface area (Å²) in [5, 5.41) is 6.46. The first kappa shape index (κ1) is 21.9. The van der Waals surface area contributed by atoms with Gasteiger partial charge in [0.15, 0.2) is 0 Å². The zero-order chi connectivity index (χ0) is 21.2. The minimum atomic E-state index is -0.363. The Morgan fingerprint density at radius 3 is 2.30 bits per heavy atom. The molecule has 2 aromatic carbocycles. The molecule has 1 heterocycles. The number of nitrogens with one attached hydrogen (secondary N) is 2. The predicted molar refractivity (Wildman–Crippen MR) is 121 cm³/mol. The summed E-state index contributed by atoms with van der Waals surface area (Å²) in [4.78, 5) is 28.3. The minimum absolute atomic E-state index is 0.131. The van der Waals surface area contributed by atoms with Crippen molar-refractivity contribution in [2.75, 3.05) is 22.1 Å². The summed E-state index contributed by atoms with van der Waals surface area (Å²) in [5.41, 5.74) is 2.32.